The van der Waals surface area contributed by atoms with Gasteiger partial charge < -0.3 is 19.6 Å². The maximum Gasteiger partial charge on any atom is 0.358 e. The van der Waals surface area contributed by atoms with Crippen LogP contribution < -0.4 is 10.3 Å². The van der Waals surface area contributed by atoms with E-state index in [1.165, 1.54) is 6.07 Å². The van der Waals surface area contributed by atoms with E-state index in [1.807, 2.05) is 26.0 Å². The van der Waals surface area contributed by atoms with E-state index in [-0.39, 0.29) is 28.8 Å². The summed E-state index contributed by atoms with van der Waals surface area (Å²) in [4.78, 5) is 31.5. The molecule has 0 aliphatic carbocycles. The minimum atomic E-state index is -0.766. The number of aromatic hydroxyl groups is 1. The Bertz CT molecular complexity index is 1310. The molecule has 0 saturated heterocycles. The van der Waals surface area contributed by atoms with Gasteiger partial charge in [0.25, 0.3) is 5.56 Å². The SMILES string of the molecule is CCCCOC(=O)c1[nH]c(=O)c2ccc(Oc3ccc4nc(C)sc4c3)cc2c1O. The van der Waals surface area contributed by atoms with E-state index < -0.39 is 11.5 Å². The third-order valence-corrected chi connectivity index (χ3v) is 5.54. The number of carbonyl (C=O) groups excluding carboxylic acids is 1. The minimum absolute atomic E-state index is 0.216. The number of hydrogen-bond donors (Lipinski definition) is 2. The second kappa shape index (κ2) is 8.16. The lowest BCUT2D eigenvalue weighted by Gasteiger charge is -2.10. The molecule has 0 radical (unpaired) electrons. The highest BCUT2D eigenvalue weighted by molar-refractivity contribution is 7.18. The lowest BCUT2D eigenvalue weighted by Crippen LogP contribution is -2.16. The maximum absolute atomic E-state index is 12.4. The number of nitrogens with zero attached hydrogens (tertiary/aromatic N) is 1. The number of fused-ring (bicyclic) bond motifs is 2. The van der Waals surface area contributed by atoms with E-state index in [1.54, 1.807) is 29.5 Å². The molecule has 0 aliphatic rings. The number of hydrogen-bond acceptors (Lipinski definition) is 7. The van der Waals surface area contributed by atoms with E-state index in [0.717, 1.165) is 21.6 Å². The van der Waals surface area contributed by atoms with E-state index >= 15 is 0 Å². The van der Waals surface area contributed by atoms with Crippen LogP contribution in [0.2, 0.25) is 0 Å². The molecular formula is C22H20N2O5S. The first-order chi connectivity index (χ1) is 14.5. The van der Waals surface area contributed by atoms with Gasteiger partial charge in [-0.3, -0.25) is 4.79 Å². The molecule has 0 aliphatic heterocycles. The quantitative estimate of drug-likeness (QED) is 0.337. The molecule has 2 heterocycles. The third-order valence-electron chi connectivity index (χ3n) is 4.60. The van der Waals surface area contributed by atoms with Gasteiger partial charge in [0.2, 0.25) is 0 Å². The first kappa shape index (κ1) is 19.9. The number of aromatic nitrogens is 2. The molecule has 4 aromatic rings. The van der Waals surface area contributed by atoms with Crippen LogP contribution in [-0.4, -0.2) is 27.7 Å². The predicted molar refractivity (Wildman–Crippen MR) is 116 cm³/mol. The fourth-order valence-electron chi connectivity index (χ4n) is 3.10. The van der Waals surface area contributed by atoms with Crippen LogP contribution >= 0.6 is 11.3 Å². The average Bonchev–Trinajstić information content (AvgIpc) is 3.10. The standard InChI is InChI=1S/C22H20N2O5S/c1-3-4-9-28-22(27)19-20(25)16-10-13(5-7-15(16)21(26)24-19)29-14-6-8-17-18(11-14)30-12(2)23-17/h5-8,10-11,25H,3-4,9H2,1-2H3,(H,24,26). The number of unbranched alkanes of at least 4 members (excludes halogenated alkanes) is 1. The Morgan fingerprint density at radius 2 is 1.93 bits per heavy atom. The van der Waals surface area contributed by atoms with E-state index in [4.69, 9.17) is 9.47 Å². The summed E-state index contributed by atoms with van der Waals surface area (Å²) in [5.41, 5.74) is 0.152. The Kier molecular flexibility index (Phi) is 5.41. The number of H-pyrrole nitrogens is 1. The zero-order chi connectivity index (χ0) is 21.3. The maximum atomic E-state index is 12.4. The van der Waals surface area contributed by atoms with Crippen molar-refractivity contribution in [1.29, 1.82) is 0 Å². The number of rotatable bonds is 6. The number of pyridine rings is 1. The molecule has 4 rings (SSSR count). The fraction of sp³-hybridized carbons (Fsp3) is 0.227. The zero-order valence-corrected chi connectivity index (χ0v) is 17.3. The fourth-order valence-corrected chi connectivity index (χ4v) is 3.96. The van der Waals surface area contributed by atoms with Gasteiger partial charge in [-0.1, -0.05) is 13.3 Å². The van der Waals surface area contributed by atoms with Crippen molar-refractivity contribution in [3.8, 4) is 17.2 Å². The van der Waals surface area contributed by atoms with Crippen LogP contribution in [0.5, 0.6) is 17.2 Å². The molecule has 2 N–H and O–H groups in total. The van der Waals surface area contributed by atoms with Gasteiger partial charge in [0.05, 0.1) is 27.2 Å². The molecule has 2 aromatic heterocycles. The normalized spacial score (nSPS) is 11.1. The molecule has 8 heteroatoms. The summed E-state index contributed by atoms with van der Waals surface area (Å²) in [5, 5.41) is 12.0. The first-order valence-corrected chi connectivity index (χ1v) is 10.4. The van der Waals surface area contributed by atoms with Gasteiger partial charge in [-0.25, -0.2) is 9.78 Å². The topological polar surface area (TPSA) is 102 Å². The monoisotopic (exact) mass is 424 g/mol. The van der Waals surface area contributed by atoms with Crippen LogP contribution in [0.15, 0.2) is 41.2 Å². The minimum Gasteiger partial charge on any atom is -0.505 e. The number of aromatic amines is 1. The van der Waals surface area contributed by atoms with Crippen molar-refractivity contribution in [3.63, 3.8) is 0 Å². The Hall–Kier alpha value is -3.39. The number of esters is 1. The summed E-state index contributed by atoms with van der Waals surface area (Å²) < 4.78 is 12.0. The highest BCUT2D eigenvalue weighted by atomic mass is 32.1. The molecule has 30 heavy (non-hydrogen) atoms. The van der Waals surface area contributed by atoms with Crippen molar-refractivity contribution in [1.82, 2.24) is 9.97 Å². The van der Waals surface area contributed by atoms with Gasteiger partial charge in [-0.2, -0.15) is 0 Å². The number of aryl methyl sites for hydroxylation is 1. The molecule has 0 atom stereocenters. The summed E-state index contributed by atoms with van der Waals surface area (Å²) in [7, 11) is 0. The molecule has 0 fully saturated rings. The van der Waals surface area contributed by atoms with Crippen LogP contribution in [0.3, 0.4) is 0 Å². The predicted octanol–water partition coefficient (Wildman–Crippen LogP) is 4.90. The third kappa shape index (κ3) is 3.86. The van der Waals surface area contributed by atoms with Crippen molar-refractivity contribution in [2.75, 3.05) is 6.61 Å². The molecule has 0 amide bonds. The number of benzene rings is 2. The Morgan fingerprint density at radius 1 is 1.17 bits per heavy atom. The summed E-state index contributed by atoms with van der Waals surface area (Å²) in [6.07, 6.45) is 1.56. The van der Waals surface area contributed by atoms with Gasteiger partial charge in [-0.15, -0.1) is 11.3 Å². The highest BCUT2D eigenvalue weighted by Crippen LogP contribution is 2.33. The van der Waals surface area contributed by atoms with E-state index in [9.17, 15) is 14.7 Å². The van der Waals surface area contributed by atoms with E-state index in [2.05, 4.69) is 9.97 Å². The van der Waals surface area contributed by atoms with Gasteiger partial charge in [0.1, 0.15) is 11.5 Å². The number of ether oxygens (including phenoxy) is 2. The van der Waals surface area contributed by atoms with Gasteiger partial charge in [-0.05, 0) is 43.7 Å². The zero-order valence-electron chi connectivity index (χ0n) is 16.5. The second-order valence-corrected chi connectivity index (χ2v) is 8.07. The molecule has 2 aromatic carbocycles. The smallest absolute Gasteiger partial charge is 0.358 e. The Morgan fingerprint density at radius 3 is 2.73 bits per heavy atom. The molecule has 0 spiro atoms. The number of carbonyl (C=O) groups is 1. The average molecular weight is 424 g/mol. The van der Waals surface area contributed by atoms with Crippen LogP contribution in [0.1, 0.15) is 35.3 Å². The molecule has 0 bridgehead atoms. The lowest BCUT2D eigenvalue weighted by molar-refractivity contribution is 0.0489. The number of nitrogens with one attached hydrogen (secondary N) is 1. The molecule has 0 saturated carbocycles. The van der Waals surface area contributed by atoms with Crippen LogP contribution in [0.25, 0.3) is 21.0 Å². The van der Waals surface area contributed by atoms with Crippen molar-refractivity contribution in [3.05, 3.63) is 57.5 Å². The molecule has 154 valence electrons. The molecule has 0 unspecified atom stereocenters. The van der Waals surface area contributed by atoms with Crippen molar-refractivity contribution >= 4 is 38.3 Å². The van der Waals surface area contributed by atoms with Crippen LogP contribution in [-0.2, 0) is 4.74 Å². The van der Waals surface area contributed by atoms with Crippen molar-refractivity contribution in [2.24, 2.45) is 0 Å². The van der Waals surface area contributed by atoms with Gasteiger partial charge >= 0.3 is 5.97 Å². The van der Waals surface area contributed by atoms with Crippen LogP contribution in [0, 0.1) is 6.92 Å². The molecular weight excluding hydrogens is 404 g/mol. The molecule has 7 nitrogen and oxygen atoms in total. The summed E-state index contributed by atoms with van der Waals surface area (Å²) >= 11 is 1.57. The van der Waals surface area contributed by atoms with Crippen molar-refractivity contribution < 1.29 is 19.4 Å². The Labute approximate surface area is 175 Å². The number of thiazole rings is 1. The largest absolute Gasteiger partial charge is 0.505 e. The summed E-state index contributed by atoms with van der Waals surface area (Å²) in [5.74, 6) is -0.0781. The van der Waals surface area contributed by atoms with Gasteiger partial charge in [0, 0.05) is 11.5 Å². The summed E-state index contributed by atoms with van der Waals surface area (Å²) in [6, 6.07) is 10.3. The highest BCUT2D eigenvalue weighted by Gasteiger charge is 2.19. The lowest BCUT2D eigenvalue weighted by atomic mass is 10.1. The van der Waals surface area contributed by atoms with Gasteiger partial charge in [0.15, 0.2) is 11.4 Å². The summed E-state index contributed by atoms with van der Waals surface area (Å²) in [6.45, 7) is 4.13. The van der Waals surface area contributed by atoms with Crippen molar-refractivity contribution in [2.45, 2.75) is 26.7 Å². The first-order valence-electron chi connectivity index (χ1n) is 9.57. The Balaban J connectivity index is 1.68. The second-order valence-electron chi connectivity index (χ2n) is 6.84. The van der Waals surface area contributed by atoms with E-state index in [0.29, 0.717) is 17.9 Å². The van der Waals surface area contributed by atoms with Crippen LogP contribution in [0.4, 0.5) is 0 Å².